The van der Waals surface area contributed by atoms with Crippen molar-refractivity contribution in [2.24, 2.45) is 0 Å². The summed E-state index contributed by atoms with van der Waals surface area (Å²) in [4.78, 5) is 35.8. The molecule has 8 heteroatoms. The number of nitrogens with two attached hydrogens (primary N) is 1. The van der Waals surface area contributed by atoms with Crippen molar-refractivity contribution in [2.75, 3.05) is 17.7 Å². The average molecular weight is 378 g/mol. The number of benzene rings is 2. The lowest BCUT2D eigenvalue weighted by atomic mass is 10.2. The van der Waals surface area contributed by atoms with Gasteiger partial charge in [0.15, 0.2) is 0 Å². The van der Waals surface area contributed by atoms with Crippen LogP contribution in [0.25, 0.3) is 0 Å². The highest BCUT2D eigenvalue weighted by Crippen LogP contribution is 2.12. The van der Waals surface area contributed by atoms with Gasteiger partial charge in [0, 0.05) is 23.1 Å². The van der Waals surface area contributed by atoms with Gasteiger partial charge in [0.25, 0.3) is 11.8 Å². The van der Waals surface area contributed by atoms with Gasteiger partial charge in [0.2, 0.25) is 0 Å². The van der Waals surface area contributed by atoms with Crippen LogP contribution >= 0.6 is 0 Å². The summed E-state index contributed by atoms with van der Waals surface area (Å²) in [6, 6.07) is 13.9. The van der Waals surface area contributed by atoms with E-state index in [1.54, 1.807) is 25.1 Å². The van der Waals surface area contributed by atoms with Crippen LogP contribution in [0.4, 0.5) is 11.4 Å². The Balaban J connectivity index is 2.01. The maximum Gasteiger partial charge on any atom is 0.338 e. The summed E-state index contributed by atoms with van der Waals surface area (Å²) < 4.78 is 4.88. The third-order valence-corrected chi connectivity index (χ3v) is 3.54. The maximum absolute atomic E-state index is 12.2. The van der Waals surface area contributed by atoms with Crippen molar-refractivity contribution >= 4 is 29.2 Å². The van der Waals surface area contributed by atoms with Crippen molar-refractivity contribution < 1.29 is 19.1 Å². The van der Waals surface area contributed by atoms with Crippen molar-refractivity contribution in [1.29, 1.82) is 5.26 Å². The topological polar surface area (TPSA) is 134 Å². The standard InChI is InChI=1S/C20H18N4O4/c1-2-28-20(27)14-5-9-17(10-6-14)24-19(26)15(11-21)12-23-18(25)13-3-7-16(22)8-4-13/h3-10,12H,2,22H2,1H3,(H,23,25)(H,24,26)/b15-12-. The zero-order valence-electron chi connectivity index (χ0n) is 15.1. The van der Waals surface area contributed by atoms with E-state index in [1.165, 1.54) is 36.4 Å². The lowest BCUT2D eigenvalue weighted by Crippen LogP contribution is -2.21. The van der Waals surface area contributed by atoms with E-state index in [2.05, 4.69) is 10.6 Å². The predicted octanol–water partition coefficient (Wildman–Crippen LogP) is 2.22. The van der Waals surface area contributed by atoms with E-state index in [-0.39, 0.29) is 12.2 Å². The van der Waals surface area contributed by atoms with Crippen molar-refractivity contribution in [3.8, 4) is 6.07 Å². The highest BCUT2D eigenvalue weighted by molar-refractivity contribution is 6.07. The summed E-state index contributed by atoms with van der Waals surface area (Å²) in [6.45, 7) is 1.96. The number of esters is 1. The van der Waals surface area contributed by atoms with Crippen LogP contribution in [0.1, 0.15) is 27.6 Å². The molecule has 2 amide bonds. The first-order valence-electron chi connectivity index (χ1n) is 8.29. The van der Waals surface area contributed by atoms with Gasteiger partial charge >= 0.3 is 5.97 Å². The number of hydrogen-bond donors (Lipinski definition) is 3. The van der Waals surface area contributed by atoms with Crippen molar-refractivity contribution in [3.05, 3.63) is 71.4 Å². The second-order valence-electron chi connectivity index (χ2n) is 5.52. The molecule has 2 aromatic rings. The molecule has 0 saturated carbocycles. The number of ether oxygens (including phenoxy) is 1. The van der Waals surface area contributed by atoms with E-state index in [0.717, 1.165) is 6.20 Å². The molecule has 0 saturated heterocycles. The number of carbonyl (C=O) groups excluding carboxylic acids is 3. The van der Waals surface area contributed by atoms with Crippen molar-refractivity contribution in [2.45, 2.75) is 6.92 Å². The Bertz CT molecular complexity index is 942. The number of carbonyl (C=O) groups is 3. The number of nitrogens with zero attached hydrogens (tertiary/aromatic N) is 1. The van der Waals surface area contributed by atoms with Crippen LogP contribution in [-0.2, 0) is 9.53 Å². The normalized spacial score (nSPS) is 10.5. The Hall–Kier alpha value is -4.12. The third-order valence-electron chi connectivity index (χ3n) is 3.54. The average Bonchev–Trinajstić information content (AvgIpc) is 2.69. The Kier molecular flexibility index (Phi) is 6.88. The number of nitrogen functional groups attached to an aromatic ring is 1. The van der Waals surface area contributed by atoms with Crippen LogP contribution in [0.15, 0.2) is 60.3 Å². The van der Waals surface area contributed by atoms with E-state index in [9.17, 15) is 14.4 Å². The zero-order valence-corrected chi connectivity index (χ0v) is 15.1. The number of nitriles is 1. The van der Waals surface area contributed by atoms with E-state index in [4.69, 9.17) is 15.7 Å². The van der Waals surface area contributed by atoms with Gasteiger partial charge in [-0.15, -0.1) is 0 Å². The Morgan fingerprint density at radius 3 is 2.25 bits per heavy atom. The molecule has 0 aliphatic rings. The minimum absolute atomic E-state index is 0.260. The second kappa shape index (κ2) is 9.54. The fourth-order valence-corrected chi connectivity index (χ4v) is 2.11. The molecule has 0 unspecified atom stereocenters. The molecule has 8 nitrogen and oxygen atoms in total. The summed E-state index contributed by atoms with van der Waals surface area (Å²) >= 11 is 0. The first-order valence-corrected chi connectivity index (χ1v) is 8.29. The fraction of sp³-hybridized carbons (Fsp3) is 0.100. The van der Waals surface area contributed by atoms with Crippen LogP contribution in [0.3, 0.4) is 0 Å². The number of nitrogens with one attached hydrogen (secondary N) is 2. The van der Waals surface area contributed by atoms with Crippen LogP contribution in [0.5, 0.6) is 0 Å². The molecule has 142 valence electrons. The van der Waals surface area contributed by atoms with Gasteiger partial charge in [-0.05, 0) is 55.5 Å². The highest BCUT2D eigenvalue weighted by Gasteiger charge is 2.12. The minimum atomic E-state index is -0.705. The fourth-order valence-electron chi connectivity index (χ4n) is 2.11. The molecule has 0 aliphatic heterocycles. The van der Waals surface area contributed by atoms with Crippen LogP contribution < -0.4 is 16.4 Å². The first kappa shape index (κ1) is 20.2. The molecule has 2 aromatic carbocycles. The SMILES string of the molecule is CCOC(=O)c1ccc(NC(=O)/C(C#N)=C\NC(=O)c2ccc(N)cc2)cc1. The van der Waals surface area contributed by atoms with Gasteiger partial charge in [0.05, 0.1) is 12.2 Å². The molecular formula is C20H18N4O4. The molecule has 0 heterocycles. The summed E-state index contributed by atoms with van der Waals surface area (Å²) in [5, 5.41) is 14.1. The van der Waals surface area contributed by atoms with Gasteiger partial charge < -0.3 is 21.1 Å². The molecule has 0 spiro atoms. The zero-order chi connectivity index (χ0) is 20.5. The molecule has 0 bridgehead atoms. The van der Waals surface area contributed by atoms with Crippen LogP contribution in [0.2, 0.25) is 0 Å². The summed E-state index contributed by atoms with van der Waals surface area (Å²) in [7, 11) is 0. The molecule has 0 radical (unpaired) electrons. The first-order chi connectivity index (χ1) is 13.4. The van der Waals surface area contributed by atoms with E-state index >= 15 is 0 Å². The smallest absolute Gasteiger partial charge is 0.338 e. The van der Waals surface area contributed by atoms with Gasteiger partial charge in [0.1, 0.15) is 11.6 Å². The lowest BCUT2D eigenvalue weighted by molar-refractivity contribution is -0.112. The monoisotopic (exact) mass is 378 g/mol. The quantitative estimate of drug-likeness (QED) is 0.305. The molecule has 0 atom stereocenters. The molecule has 28 heavy (non-hydrogen) atoms. The summed E-state index contributed by atoms with van der Waals surface area (Å²) in [5.41, 5.74) is 6.83. The van der Waals surface area contributed by atoms with Crippen LogP contribution in [-0.4, -0.2) is 24.4 Å². The Labute approximate surface area is 161 Å². The minimum Gasteiger partial charge on any atom is -0.462 e. The molecule has 0 aliphatic carbocycles. The second-order valence-corrected chi connectivity index (χ2v) is 5.52. The lowest BCUT2D eigenvalue weighted by Gasteiger charge is -2.06. The molecule has 0 fully saturated rings. The Morgan fingerprint density at radius 1 is 1.07 bits per heavy atom. The Morgan fingerprint density at radius 2 is 1.68 bits per heavy atom. The van der Waals surface area contributed by atoms with E-state index in [0.29, 0.717) is 22.5 Å². The third kappa shape index (κ3) is 5.44. The largest absolute Gasteiger partial charge is 0.462 e. The van der Waals surface area contributed by atoms with Gasteiger partial charge in [-0.1, -0.05) is 0 Å². The molecule has 0 aromatic heterocycles. The van der Waals surface area contributed by atoms with E-state index in [1.807, 2.05) is 0 Å². The van der Waals surface area contributed by atoms with Crippen molar-refractivity contribution in [3.63, 3.8) is 0 Å². The predicted molar refractivity (Wildman–Crippen MR) is 103 cm³/mol. The number of hydrogen-bond acceptors (Lipinski definition) is 6. The summed E-state index contributed by atoms with van der Waals surface area (Å²) in [5.74, 6) is -1.66. The van der Waals surface area contributed by atoms with Gasteiger partial charge in [-0.25, -0.2) is 4.79 Å². The number of anilines is 2. The maximum atomic E-state index is 12.2. The van der Waals surface area contributed by atoms with Crippen LogP contribution in [0, 0.1) is 11.3 Å². The summed E-state index contributed by atoms with van der Waals surface area (Å²) in [6.07, 6.45) is 1.03. The van der Waals surface area contributed by atoms with Gasteiger partial charge in [-0.3, -0.25) is 9.59 Å². The molecule has 2 rings (SSSR count). The number of rotatable bonds is 6. The molecule has 4 N–H and O–H groups in total. The van der Waals surface area contributed by atoms with Gasteiger partial charge in [-0.2, -0.15) is 5.26 Å². The highest BCUT2D eigenvalue weighted by atomic mass is 16.5. The van der Waals surface area contributed by atoms with Crippen molar-refractivity contribution in [1.82, 2.24) is 5.32 Å². The molecular weight excluding hydrogens is 360 g/mol. The number of amides is 2. The van der Waals surface area contributed by atoms with E-state index < -0.39 is 17.8 Å².